The molecule has 1 saturated heterocycles. The zero-order chi connectivity index (χ0) is 18.7. The summed E-state index contributed by atoms with van der Waals surface area (Å²) < 4.78 is 35.2. The summed E-state index contributed by atoms with van der Waals surface area (Å²) in [5.74, 6) is -0.719. The molecule has 1 aliphatic heterocycles. The van der Waals surface area contributed by atoms with Gasteiger partial charge in [0.1, 0.15) is 5.75 Å². The summed E-state index contributed by atoms with van der Waals surface area (Å²) in [6.07, 6.45) is 2.13. The van der Waals surface area contributed by atoms with Crippen molar-refractivity contribution >= 4 is 5.69 Å². The second kappa shape index (κ2) is 8.04. The van der Waals surface area contributed by atoms with E-state index >= 15 is 4.39 Å². The third kappa shape index (κ3) is 4.15. The van der Waals surface area contributed by atoms with E-state index in [4.69, 9.17) is 4.74 Å². The van der Waals surface area contributed by atoms with Gasteiger partial charge in [-0.15, -0.1) is 0 Å². The molecule has 0 radical (unpaired) electrons. The molecule has 5 heteroatoms. The molecular formula is C21H26F2N2O. The van der Waals surface area contributed by atoms with Gasteiger partial charge in [0, 0.05) is 19.6 Å². The predicted molar refractivity (Wildman–Crippen MR) is 101 cm³/mol. The normalized spacial score (nSPS) is 17.6. The summed E-state index contributed by atoms with van der Waals surface area (Å²) >= 11 is 0. The Morgan fingerprint density at radius 3 is 2.62 bits per heavy atom. The average molecular weight is 360 g/mol. The Kier molecular flexibility index (Phi) is 5.77. The third-order valence-corrected chi connectivity index (χ3v) is 4.76. The minimum Gasteiger partial charge on any atom is -0.451 e. The van der Waals surface area contributed by atoms with Crippen molar-refractivity contribution in [1.82, 2.24) is 4.90 Å². The van der Waals surface area contributed by atoms with Gasteiger partial charge in [0.15, 0.2) is 11.6 Å². The third-order valence-electron chi connectivity index (χ3n) is 4.76. The van der Waals surface area contributed by atoms with Crippen molar-refractivity contribution in [3.63, 3.8) is 0 Å². The maximum atomic E-state index is 15.2. The van der Waals surface area contributed by atoms with Crippen LogP contribution in [-0.2, 0) is 0 Å². The van der Waals surface area contributed by atoms with Gasteiger partial charge in [-0.25, -0.2) is 8.78 Å². The zero-order valence-corrected chi connectivity index (χ0v) is 15.6. The number of benzene rings is 2. The van der Waals surface area contributed by atoms with E-state index in [9.17, 15) is 4.39 Å². The summed E-state index contributed by atoms with van der Waals surface area (Å²) in [7, 11) is 4.10. The largest absolute Gasteiger partial charge is 0.451 e. The predicted octanol–water partition coefficient (Wildman–Crippen LogP) is 4.84. The molecule has 0 aromatic heterocycles. The molecule has 1 heterocycles. The van der Waals surface area contributed by atoms with Crippen LogP contribution in [0.2, 0.25) is 0 Å². The van der Waals surface area contributed by atoms with Gasteiger partial charge < -0.3 is 14.5 Å². The summed E-state index contributed by atoms with van der Waals surface area (Å²) in [5.41, 5.74) is 1.06. The van der Waals surface area contributed by atoms with Crippen molar-refractivity contribution in [1.29, 1.82) is 0 Å². The Hall–Kier alpha value is -2.14. The first-order valence-corrected chi connectivity index (χ1v) is 9.07. The van der Waals surface area contributed by atoms with Gasteiger partial charge in [-0.05, 0) is 63.5 Å². The number of ether oxygens (including phenoxy) is 1. The molecule has 2 aromatic rings. The van der Waals surface area contributed by atoms with Gasteiger partial charge >= 0.3 is 0 Å². The molecule has 0 spiro atoms. The highest BCUT2D eigenvalue weighted by Gasteiger charge is 2.27. The maximum absolute atomic E-state index is 15.2. The first-order valence-electron chi connectivity index (χ1n) is 9.07. The number of anilines is 1. The molecule has 1 atom stereocenters. The van der Waals surface area contributed by atoms with Crippen molar-refractivity contribution in [3.8, 4) is 11.5 Å². The smallest absolute Gasteiger partial charge is 0.200 e. The van der Waals surface area contributed by atoms with Crippen LogP contribution >= 0.6 is 0 Å². The SMILES string of the molecule is Cc1cc(F)c(Oc2ccccc2)c(F)c1N1CCC[C@@H](CN(C)C)C1. The number of hydrogen-bond donors (Lipinski definition) is 0. The molecule has 3 rings (SSSR count). The van der Waals surface area contributed by atoms with E-state index in [1.165, 1.54) is 6.07 Å². The van der Waals surface area contributed by atoms with Gasteiger partial charge in [-0.3, -0.25) is 0 Å². The summed E-state index contributed by atoms with van der Waals surface area (Å²) in [6, 6.07) is 10.1. The van der Waals surface area contributed by atoms with Crippen molar-refractivity contribution in [2.24, 2.45) is 5.92 Å². The van der Waals surface area contributed by atoms with E-state index in [0.717, 1.165) is 32.5 Å². The highest BCUT2D eigenvalue weighted by molar-refractivity contribution is 5.59. The molecule has 1 fully saturated rings. The standard InChI is InChI=1S/C21H26F2N2O/c1-15-12-18(22)21(26-17-9-5-4-6-10-17)19(23)20(15)25-11-7-8-16(14-25)13-24(2)3/h4-6,9-10,12,16H,7-8,11,13-14H2,1-3H3/t16-/m0/s1. The van der Waals surface area contributed by atoms with Crippen LogP contribution in [0.15, 0.2) is 36.4 Å². The summed E-state index contributed by atoms with van der Waals surface area (Å²) in [5, 5.41) is 0. The lowest BCUT2D eigenvalue weighted by Gasteiger charge is -2.36. The van der Waals surface area contributed by atoms with Crippen molar-refractivity contribution in [2.45, 2.75) is 19.8 Å². The fourth-order valence-electron chi connectivity index (χ4n) is 3.73. The molecular weight excluding hydrogens is 334 g/mol. The minimum absolute atomic E-state index is 0.327. The van der Waals surface area contributed by atoms with Crippen LogP contribution in [0.5, 0.6) is 11.5 Å². The summed E-state index contributed by atoms with van der Waals surface area (Å²) in [4.78, 5) is 4.20. The topological polar surface area (TPSA) is 15.7 Å². The second-order valence-electron chi connectivity index (χ2n) is 7.30. The van der Waals surface area contributed by atoms with E-state index in [2.05, 4.69) is 19.0 Å². The molecule has 1 aliphatic rings. The molecule has 26 heavy (non-hydrogen) atoms. The number of halogens is 2. The second-order valence-corrected chi connectivity index (χ2v) is 7.30. The molecule has 0 aliphatic carbocycles. The Labute approximate surface area is 154 Å². The minimum atomic E-state index is -0.672. The Balaban J connectivity index is 1.90. The molecule has 0 unspecified atom stereocenters. The van der Waals surface area contributed by atoms with Crippen LogP contribution in [0, 0.1) is 24.5 Å². The number of hydrogen-bond acceptors (Lipinski definition) is 3. The first-order chi connectivity index (χ1) is 12.5. The quantitative estimate of drug-likeness (QED) is 0.758. The number of piperidine rings is 1. The van der Waals surface area contributed by atoms with Crippen LogP contribution in [0.4, 0.5) is 14.5 Å². The van der Waals surface area contributed by atoms with Gasteiger partial charge in [0.05, 0.1) is 5.69 Å². The van der Waals surface area contributed by atoms with Crippen LogP contribution in [0.25, 0.3) is 0 Å². The highest BCUT2D eigenvalue weighted by Crippen LogP contribution is 2.37. The fraction of sp³-hybridized carbons (Fsp3) is 0.429. The van der Waals surface area contributed by atoms with E-state index in [-0.39, 0.29) is 5.75 Å². The molecule has 0 amide bonds. The van der Waals surface area contributed by atoms with Crippen molar-refractivity contribution in [3.05, 3.63) is 53.6 Å². The zero-order valence-electron chi connectivity index (χ0n) is 15.6. The van der Waals surface area contributed by atoms with Gasteiger partial charge in [-0.2, -0.15) is 0 Å². The fourth-order valence-corrected chi connectivity index (χ4v) is 3.73. The monoisotopic (exact) mass is 360 g/mol. The highest BCUT2D eigenvalue weighted by atomic mass is 19.1. The lowest BCUT2D eigenvalue weighted by molar-refractivity contribution is 0.291. The number of nitrogens with zero attached hydrogens (tertiary/aromatic N) is 2. The molecule has 3 nitrogen and oxygen atoms in total. The lowest BCUT2D eigenvalue weighted by Crippen LogP contribution is -2.40. The molecule has 0 bridgehead atoms. The summed E-state index contributed by atoms with van der Waals surface area (Å²) in [6.45, 7) is 4.26. The lowest BCUT2D eigenvalue weighted by atomic mass is 9.96. The number of para-hydroxylation sites is 1. The number of rotatable bonds is 5. The van der Waals surface area contributed by atoms with Crippen LogP contribution < -0.4 is 9.64 Å². The number of aryl methyl sites for hydroxylation is 1. The molecule has 2 aromatic carbocycles. The van der Waals surface area contributed by atoms with E-state index in [1.54, 1.807) is 31.2 Å². The Bertz CT molecular complexity index is 749. The van der Waals surface area contributed by atoms with Crippen LogP contribution in [0.1, 0.15) is 18.4 Å². The van der Waals surface area contributed by atoms with Crippen LogP contribution in [-0.4, -0.2) is 38.6 Å². The maximum Gasteiger partial charge on any atom is 0.200 e. The van der Waals surface area contributed by atoms with Crippen molar-refractivity contribution < 1.29 is 13.5 Å². The van der Waals surface area contributed by atoms with Crippen LogP contribution in [0.3, 0.4) is 0 Å². The Morgan fingerprint density at radius 1 is 1.19 bits per heavy atom. The Morgan fingerprint density at radius 2 is 1.92 bits per heavy atom. The van der Waals surface area contributed by atoms with E-state index in [0.29, 0.717) is 22.9 Å². The average Bonchev–Trinajstić information content (AvgIpc) is 2.59. The van der Waals surface area contributed by atoms with Gasteiger partial charge in [0.25, 0.3) is 0 Å². The molecule has 140 valence electrons. The van der Waals surface area contributed by atoms with Crippen molar-refractivity contribution in [2.75, 3.05) is 38.6 Å². The molecule has 0 saturated carbocycles. The van der Waals surface area contributed by atoms with E-state index in [1.807, 2.05) is 11.0 Å². The van der Waals surface area contributed by atoms with Gasteiger partial charge in [-0.1, -0.05) is 18.2 Å². The van der Waals surface area contributed by atoms with Gasteiger partial charge in [0.2, 0.25) is 5.75 Å². The molecule has 0 N–H and O–H groups in total. The van der Waals surface area contributed by atoms with E-state index < -0.39 is 11.6 Å². The first kappa shape index (κ1) is 18.6.